The van der Waals surface area contributed by atoms with Crippen molar-refractivity contribution in [1.82, 2.24) is 10.3 Å². The zero-order chi connectivity index (χ0) is 14.8. The number of thiophene rings is 1. The van der Waals surface area contributed by atoms with Gasteiger partial charge in [-0.25, -0.2) is 4.98 Å². The largest absolute Gasteiger partial charge is 0.317 e. The molecule has 1 amide bonds. The molecule has 0 saturated carbocycles. The lowest BCUT2D eigenvalue weighted by molar-refractivity contribution is 0.103. The molecule has 1 aliphatic heterocycles. The maximum atomic E-state index is 12.2. The first-order valence-electron chi connectivity index (χ1n) is 7.18. The first-order valence-corrected chi connectivity index (χ1v) is 8.87. The highest BCUT2D eigenvalue weighted by Crippen LogP contribution is 2.29. The van der Waals surface area contributed by atoms with Crippen LogP contribution in [0.15, 0.2) is 11.4 Å². The average Bonchev–Trinajstić information content (AvgIpc) is 3.08. The molecule has 0 aromatic carbocycles. The molecule has 1 saturated heterocycles. The maximum Gasteiger partial charge on any atom is 0.267 e. The van der Waals surface area contributed by atoms with Crippen LogP contribution in [0.3, 0.4) is 0 Å². The number of rotatable bonds is 3. The van der Waals surface area contributed by atoms with Crippen LogP contribution in [0.2, 0.25) is 0 Å². The molecule has 0 bridgehead atoms. The highest BCUT2D eigenvalue weighted by molar-refractivity contribution is 7.15. The predicted octanol–water partition coefficient (Wildman–Crippen LogP) is 3.54. The number of aromatic nitrogens is 1. The summed E-state index contributed by atoms with van der Waals surface area (Å²) in [7, 11) is 0. The van der Waals surface area contributed by atoms with Gasteiger partial charge in [-0.05, 0) is 51.4 Å². The Hall–Kier alpha value is -1.24. The van der Waals surface area contributed by atoms with Crippen LogP contribution in [0.4, 0.5) is 5.13 Å². The van der Waals surface area contributed by atoms with E-state index in [-0.39, 0.29) is 5.91 Å². The fourth-order valence-electron chi connectivity index (χ4n) is 2.49. The van der Waals surface area contributed by atoms with E-state index in [2.05, 4.69) is 21.0 Å². The molecule has 0 atom stereocenters. The number of carbonyl (C=O) groups is 1. The number of aryl methyl sites for hydroxylation is 2. The summed E-state index contributed by atoms with van der Waals surface area (Å²) in [6.07, 6.45) is 2.25. The van der Waals surface area contributed by atoms with Crippen LogP contribution >= 0.6 is 22.7 Å². The fraction of sp³-hybridized carbons (Fsp3) is 0.467. The Bertz CT molecular complexity index is 622. The summed E-state index contributed by atoms with van der Waals surface area (Å²) in [6, 6.07) is 1.94. The van der Waals surface area contributed by atoms with E-state index in [0.29, 0.717) is 11.0 Å². The van der Waals surface area contributed by atoms with Crippen LogP contribution in [0.1, 0.15) is 44.6 Å². The molecule has 0 unspecified atom stereocenters. The molecule has 2 aromatic heterocycles. The Kier molecular flexibility index (Phi) is 4.37. The highest BCUT2D eigenvalue weighted by Gasteiger charge is 2.19. The van der Waals surface area contributed by atoms with Gasteiger partial charge in [0.1, 0.15) is 0 Å². The van der Waals surface area contributed by atoms with Gasteiger partial charge in [-0.3, -0.25) is 10.1 Å². The van der Waals surface area contributed by atoms with E-state index in [4.69, 9.17) is 0 Å². The Balaban J connectivity index is 1.67. The summed E-state index contributed by atoms with van der Waals surface area (Å²) in [4.78, 5) is 18.8. The summed E-state index contributed by atoms with van der Waals surface area (Å²) in [5.41, 5.74) is 2.29. The molecule has 4 nitrogen and oxygen atoms in total. The Morgan fingerprint density at radius 3 is 2.81 bits per heavy atom. The number of nitrogens with zero attached hydrogens (tertiary/aromatic N) is 1. The van der Waals surface area contributed by atoms with E-state index in [0.717, 1.165) is 36.5 Å². The maximum absolute atomic E-state index is 12.2. The molecule has 0 radical (unpaired) electrons. The van der Waals surface area contributed by atoms with E-state index in [1.807, 2.05) is 19.9 Å². The zero-order valence-corrected chi connectivity index (χ0v) is 13.9. The number of hydrogen-bond acceptors (Lipinski definition) is 5. The predicted molar refractivity (Wildman–Crippen MR) is 88.7 cm³/mol. The van der Waals surface area contributed by atoms with E-state index in [1.54, 1.807) is 0 Å². The van der Waals surface area contributed by atoms with E-state index in [9.17, 15) is 4.79 Å². The van der Waals surface area contributed by atoms with Crippen LogP contribution in [-0.2, 0) is 0 Å². The molecule has 3 heterocycles. The van der Waals surface area contributed by atoms with Gasteiger partial charge >= 0.3 is 0 Å². The number of thiazole rings is 1. The van der Waals surface area contributed by atoms with Crippen LogP contribution in [0.25, 0.3) is 0 Å². The zero-order valence-electron chi connectivity index (χ0n) is 12.2. The van der Waals surface area contributed by atoms with Crippen molar-refractivity contribution in [1.29, 1.82) is 0 Å². The van der Waals surface area contributed by atoms with Gasteiger partial charge in [0.05, 0.1) is 10.6 Å². The van der Waals surface area contributed by atoms with Crippen molar-refractivity contribution in [2.75, 3.05) is 18.4 Å². The molecule has 0 spiro atoms. The monoisotopic (exact) mass is 321 g/mol. The minimum absolute atomic E-state index is 0.0533. The second-order valence-electron chi connectivity index (χ2n) is 5.41. The van der Waals surface area contributed by atoms with Crippen molar-refractivity contribution in [2.45, 2.75) is 32.6 Å². The van der Waals surface area contributed by atoms with Gasteiger partial charge in [-0.1, -0.05) is 0 Å². The molecule has 1 fully saturated rings. The summed E-state index contributed by atoms with van der Waals surface area (Å²) in [5, 5.41) is 9.07. The minimum atomic E-state index is -0.0533. The van der Waals surface area contributed by atoms with Crippen molar-refractivity contribution >= 4 is 33.7 Å². The minimum Gasteiger partial charge on any atom is -0.317 e. The van der Waals surface area contributed by atoms with E-state index >= 15 is 0 Å². The first-order chi connectivity index (χ1) is 10.1. The molecule has 112 valence electrons. The Morgan fingerprint density at radius 2 is 2.14 bits per heavy atom. The van der Waals surface area contributed by atoms with E-state index in [1.165, 1.54) is 33.1 Å². The van der Waals surface area contributed by atoms with Gasteiger partial charge < -0.3 is 5.32 Å². The smallest absolute Gasteiger partial charge is 0.267 e. The van der Waals surface area contributed by atoms with Crippen LogP contribution in [0, 0.1) is 13.8 Å². The van der Waals surface area contributed by atoms with Crippen molar-refractivity contribution < 1.29 is 4.79 Å². The van der Waals surface area contributed by atoms with Gasteiger partial charge in [0.2, 0.25) is 0 Å². The standard InChI is InChI=1S/C15H19N3OS2/c1-9-7-13(21-10(9)2)14(19)18-15-17-12(8-20-15)11-3-5-16-6-4-11/h7-8,11,16H,3-6H2,1-2H3,(H,17,18,19). The van der Waals surface area contributed by atoms with Gasteiger partial charge in [0.25, 0.3) is 5.91 Å². The number of piperidine rings is 1. The van der Waals surface area contributed by atoms with Crippen LogP contribution in [0.5, 0.6) is 0 Å². The Morgan fingerprint density at radius 1 is 1.38 bits per heavy atom. The quantitative estimate of drug-likeness (QED) is 0.909. The number of carbonyl (C=O) groups excluding carboxylic acids is 1. The van der Waals surface area contributed by atoms with Crippen molar-refractivity contribution in [3.05, 3.63) is 32.5 Å². The third-order valence-electron chi connectivity index (χ3n) is 3.89. The molecular formula is C15H19N3OS2. The first kappa shape index (κ1) is 14.7. The fourth-order valence-corrected chi connectivity index (χ4v) is 4.21. The molecule has 3 rings (SSSR count). The second kappa shape index (κ2) is 6.25. The lowest BCUT2D eigenvalue weighted by Crippen LogP contribution is -2.26. The highest BCUT2D eigenvalue weighted by atomic mass is 32.1. The van der Waals surface area contributed by atoms with Gasteiger partial charge in [-0.15, -0.1) is 22.7 Å². The van der Waals surface area contributed by atoms with Crippen molar-refractivity contribution in [2.24, 2.45) is 0 Å². The molecule has 0 aliphatic carbocycles. The molecule has 21 heavy (non-hydrogen) atoms. The van der Waals surface area contributed by atoms with Crippen LogP contribution in [-0.4, -0.2) is 24.0 Å². The van der Waals surface area contributed by atoms with Crippen molar-refractivity contribution in [3.63, 3.8) is 0 Å². The molecular weight excluding hydrogens is 302 g/mol. The average molecular weight is 321 g/mol. The normalized spacial score (nSPS) is 16.1. The lowest BCUT2D eigenvalue weighted by Gasteiger charge is -2.20. The SMILES string of the molecule is Cc1cc(C(=O)Nc2nc(C3CCNCC3)cs2)sc1C. The lowest BCUT2D eigenvalue weighted by atomic mass is 9.96. The Labute approximate surface area is 132 Å². The third kappa shape index (κ3) is 3.33. The number of amides is 1. The van der Waals surface area contributed by atoms with Gasteiger partial charge in [-0.2, -0.15) is 0 Å². The summed E-state index contributed by atoms with van der Waals surface area (Å²) in [5.74, 6) is 0.474. The van der Waals surface area contributed by atoms with Crippen molar-refractivity contribution in [3.8, 4) is 0 Å². The molecule has 2 aromatic rings. The molecule has 1 aliphatic rings. The second-order valence-corrected chi connectivity index (χ2v) is 7.52. The topological polar surface area (TPSA) is 54.0 Å². The van der Waals surface area contributed by atoms with Crippen LogP contribution < -0.4 is 10.6 Å². The summed E-state index contributed by atoms with van der Waals surface area (Å²) in [6.45, 7) is 6.17. The summed E-state index contributed by atoms with van der Waals surface area (Å²) >= 11 is 3.05. The van der Waals surface area contributed by atoms with Gasteiger partial charge in [0, 0.05) is 16.2 Å². The molecule has 6 heteroatoms. The molecule has 2 N–H and O–H groups in total. The number of nitrogens with one attached hydrogen (secondary N) is 2. The third-order valence-corrected chi connectivity index (χ3v) is 5.82. The van der Waals surface area contributed by atoms with Gasteiger partial charge in [0.15, 0.2) is 5.13 Å². The van der Waals surface area contributed by atoms with E-state index < -0.39 is 0 Å². The summed E-state index contributed by atoms with van der Waals surface area (Å²) < 4.78 is 0. The number of anilines is 1. The number of hydrogen-bond donors (Lipinski definition) is 2.